The van der Waals surface area contributed by atoms with Crippen LogP contribution < -0.4 is 4.90 Å². The highest BCUT2D eigenvalue weighted by molar-refractivity contribution is 9.10. The lowest BCUT2D eigenvalue weighted by atomic mass is 10.2. The Morgan fingerprint density at radius 2 is 2.20 bits per heavy atom. The first-order chi connectivity index (χ1) is 7.33. The Bertz CT molecular complexity index is 431. The van der Waals surface area contributed by atoms with Gasteiger partial charge >= 0.3 is 0 Å². The lowest BCUT2D eigenvalue weighted by Crippen LogP contribution is -2.16. The topological polar surface area (TPSA) is 27.0 Å². The van der Waals surface area contributed by atoms with E-state index in [0.717, 1.165) is 35.2 Å². The zero-order valence-electron chi connectivity index (χ0n) is 8.28. The standard InChI is InChI=1S/C12H11BrN2/c13-11-5-1-2-6-12(11)15-9-3-4-10(15)7-8-14/h1-2,5-7H,3-4,9H2/b10-7+. The van der Waals surface area contributed by atoms with Gasteiger partial charge in [0, 0.05) is 22.8 Å². The molecule has 1 fully saturated rings. The van der Waals surface area contributed by atoms with Crippen LogP contribution in [0.5, 0.6) is 0 Å². The summed E-state index contributed by atoms with van der Waals surface area (Å²) in [5.74, 6) is 0. The van der Waals surface area contributed by atoms with Gasteiger partial charge < -0.3 is 4.90 Å². The molecule has 0 bridgehead atoms. The molecule has 1 aliphatic rings. The van der Waals surface area contributed by atoms with Crippen LogP contribution in [-0.4, -0.2) is 6.54 Å². The molecule has 1 heterocycles. The molecule has 3 heteroatoms. The molecule has 0 spiro atoms. The highest BCUT2D eigenvalue weighted by Gasteiger charge is 2.19. The fraction of sp³-hybridized carbons (Fsp3) is 0.250. The van der Waals surface area contributed by atoms with Gasteiger partial charge in [0.2, 0.25) is 0 Å². The molecule has 0 aromatic heterocycles. The summed E-state index contributed by atoms with van der Waals surface area (Å²) < 4.78 is 1.08. The van der Waals surface area contributed by atoms with Crippen molar-refractivity contribution in [2.75, 3.05) is 11.4 Å². The van der Waals surface area contributed by atoms with Crippen LogP contribution in [0.1, 0.15) is 12.8 Å². The van der Waals surface area contributed by atoms with Gasteiger partial charge in [-0.3, -0.25) is 0 Å². The highest BCUT2D eigenvalue weighted by atomic mass is 79.9. The third-order valence-electron chi connectivity index (χ3n) is 2.54. The van der Waals surface area contributed by atoms with E-state index in [1.54, 1.807) is 6.08 Å². The number of halogens is 1. The van der Waals surface area contributed by atoms with E-state index in [1.165, 1.54) is 0 Å². The smallest absolute Gasteiger partial charge is 0.0930 e. The largest absolute Gasteiger partial charge is 0.343 e. The molecule has 76 valence electrons. The van der Waals surface area contributed by atoms with Crippen molar-refractivity contribution in [3.8, 4) is 6.07 Å². The fourth-order valence-electron chi connectivity index (χ4n) is 1.87. The van der Waals surface area contributed by atoms with Crippen molar-refractivity contribution in [2.45, 2.75) is 12.8 Å². The van der Waals surface area contributed by atoms with Crippen molar-refractivity contribution in [2.24, 2.45) is 0 Å². The Balaban J connectivity index is 2.36. The number of nitrogens with zero attached hydrogens (tertiary/aromatic N) is 2. The third kappa shape index (κ3) is 2.05. The third-order valence-corrected chi connectivity index (χ3v) is 3.21. The lowest BCUT2D eigenvalue weighted by molar-refractivity contribution is 0.955. The Kier molecular flexibility index (Phi) is 3.08. The van der Waals surface area contributed by atoms with Crippen molar-refractivity contribution in [3.05, 3.63) is 40.5 Å². The average Bonchev–Trinajstić information content (AvgIpc) is 2.67. The van der Waals surface area contributed by atoms with E-state index in [4.69, 9.17) is 5.26 Å². The number of anilines is 1. The first kappa shape index (κ1) is 10.3. The van der Waals surface area contributed by atoms with Crippen LogP contribution in [0.15, 0.2) is 40.5 Å². The Hall–Kier alpha value is -1.27. The quantitative estimate of drug-likeness (QED) is 0.725. The first-order valence-corrected chi connectivity index (χ1v) is 5.73. The minimum atomic E-state index is 0.995. The van der Waals surface area contributed by atoms with Gasteiger partial charge in [-0.25, -0.2) is 0 Å². The summed E-state index contributed by atoms with van der Waals surface area (Å²) in [7, 11) is 0. The zero-order chi connectivity index (χ0) is 10.7. The number of benzene rings is 1. The molecule has 1 aromatic carbocycles. The molecule has 0 aliphatic carbocycles. The van der Waals surface area contributed by atoms with E-state index in [-0.39, 0.29) is 0 Å². The van der Waals surface area contributed by atoms with Crippen LogP contribution in [0, 0.1) is 11.3 Å². The molecule has 0 radical (unpaired) electrons. The summed E-state index contributed by atoms with van der Waals surface area (Å²) >= 11 is 3.53. The second-order valence-electron chi connectivity index (χ2n) is 3.47. The van der Waals surface area contributed by atoms with E-state index in [2.05, 4.69) is 33.0 Å². The Morgan fingerprint density at radius 1 is 1.40 bits per heavy atom. The molecular formula is C12H11BrN2. The summed E-state index contributed by atoms with van der Waals surface area (Å²) in [6.07, 6.45) is 3.76. The van der Waals surface area contributed by atoms with Gasteiger partial charge in [0.25, 0.3) is 0 Å². The van der Waals surface area contributed by atoms with Crippen LogP contribution in [0.4, 0.5) is 5.69 Å². The summed E-state index contributed by atoms with van der Waals surface area (Å²) in [5, 5.41) is 8.70. The van der Waals surface area contributed by atoms with Gasteiger partial charge in [0.1, 0.15) is 0 Å². The van der Waals surface area contributed by atoms with Crippen molar-refractivity contribution in [3.63, 3.8) is 0 Å². The maximum atomic E-state index is 8.70. The SMILES string of the molecule is N#C/C=C1\CCCN1c1ccccc1Br. The second kappa shape index (κ2) is 4.50. The van der Waals surface area contributed by atoms with E-state index in [0.29, 0.717) is 0 Å². The van der Waals surface area contributed by atoms with Crippen LogP contribution >= 0.6 is 15.9 Å². The number of hydrogen-bond donors (Lipinski definition) is 0. The molecule has 0 amide bonds. The fourth-order valence-corrected chi connectivity index (χ4v) is 2.37. The van der Waals surface area contributed by atoms with Gasteiger partial charge in [-0.15, -0.1) is 0 Å². The molecule has 0 saturated carbocycles. The van der Waals surface area contributed by atoms with E-state index < -0.39 is 0 Å². The second-order valence-corrected chi connectivity index (χ2v) is 4.33. The van der Waals surface area contributed by atoms with Crippen molar-refractivity contribution in [1.29, 1.82) is 5.26 Å². The number of hydrogen-bond acceptors (Lipinski definition) is 2. The predicted molar refractivity (Wildman–Crippen MR) is 64.4 cm³/mol. The average molecular weight is 263 g/mol. The summed E-state index contributed by atoms with van der Waals surface area (Å²) in [6, 6.07) is 10.2. The Labute approximate surface area is 97.9 Å². The highest BCUT2D eigenvalue weighted by Crippen LogP contribution is 2.33. The number of nitriles is 1. The van der Waals surface area contributed by atoms with E-state index in [1.807, 2.05) is 18.2 Å². The molecule has 0 N–H and O–H groups in total. The van der Waals surface area contributed by atoms with Crippen LogP contribution in [-0.2, 0) is 0 Å². The minimum absolute atomic E-state index is 0.995. The van der Waals surface area contributed by atoms with Gasteiger partial charge in [0.15, 0.2) is 0 Å². The Morgan fingerprint density at radius 3 is 2.93 bits per heavy atom. The molecule has 15 heavy (non-hydrogen) atoms. The molecule has 1 aliphatic heterocycles. The van der Waals surface area contributed by atoms with Gasteiger partial charge in [-0.1, -0.05) is 12.1 Å². The van der Waals surface area contributed by atoms with Crippen molar-refractivity contribution < 1.29 is 0 Å². The van der Waals surface area contributed by atoms with Crippen molar-refractivity contribution >= 4 is 21.6 Å². The van der Waals surface area contributed by atoms with Crippen molar-refractivity contribution in [1.82, 2.24) is 0 Å². The summed E-state index contributed by atoms with van der Waals surface area (Å²) in [5.41, 5.74) is 2.26. The maximum Gasteiger partial charge on any atom is 0.0930 e. The molecule has 0 unspecified atom stereocenters. The van der Waals surface area contributed by atoms with Gasteiger partial charge in [-0.2, -0.15) is 5.26 Å². The molecule has 1 aromatic rings. The first-order valence-electron chi connectivity index (χ1n) is 4.93. The molecule has 2 rings (SSSR count). The maximum absolute atomic E-state index is 8.70. The lowest BCUT2D eigenvalue weighted by Gasteiger charge is -2.20. The predicted octanol–water partition coefficient (Wildman–Crippen LogP) is 3.46. The molecular weight excluding hydrogens is 252 g/mol. The van der Waals surface area contributed by atoms with Gasteiger partial charge in [-0.05, 0) is 40.9 Å². The summed E-state index contributed by atoms with van der Waals surface area (Å²) in [6.45, 7) is 0.996. The molecule has 0 atom stereocenters. The van der Waals surface area contributed by atoms with Crippen LogP contribution in [0.25, 0.3) is 0 Å². The number of rotatable bonds is 1. The van der Waals surface area contributed by atoms with E-state index in [9.17, 15) is 0 Å². The van der Waals surface area contributed by atoms with Crippen LogP contribution in [0.2, 0.25) is 0 Å². The molecule has 1 saturated heterocycles. The van der Waals surface area contributed by atoms with Crippen LogP contribution in [0.3, 0.4) is 0 Å². The normalized spacial score (nSPS) is 18.1. The van der Waals surface area contributed by atoms with E-state index >= 15 is 0 Å². The zero-order valence-corrected chi connectivity index (χ0v) is 9.87. The number of para-hydroxylation sites is 1. The van der Waals surface area contributed by atoms with Gasteiger partial charge in [0.05, 0.1) is 11.8 Å². The molecule has 2 nitrogen and oxygen atoms in total. The summed E-state index contributed by atoms with van der Waals surface area (Å²) in [4.78, 5) is 2.20. The number of allylic oxidation sites excluding steroid dienone is 2. The minimum Gasteiger partial charge on any atom is -0.343 e. The monoisotopic (exact) mass is 262 g/mol.